The van der Waals surface area contributed by atoms with Gasteiger partial charge < -0.3 is 10.1 Å². The van der Waals surface area contributed by atoms with Crippen LogP contribution in [0.4, 0.5) is 0 Å². The number of ether oxygens (including phenoxy) is 1. The summed E-state index contributed by atoms with van der Waals surface area (Å²) < 4.78 is 6.16. The molecule has 0 heterocycles. The first-order valence-corrected chi connectivity index (χ1v) is 9.18. The molecule has 0 aliphatic carbocycles. The molecule has 0 spiro atoms. The molecule has 1 atom stereocenters. The van der Waals surface area contributed by atoms with E-state index in [0.717, 1.165) is 35.8 Å². The van der Waals surface area contributed by atoms with E-state index in [1.807, 2.05) is 18.2 Å². The van der Waals surface area contributed by atoms with E-state index in [2.05, 4.69) is 61.6 Å². The van der Waals surface area contributed by atoms with Crippen molar-refractivity contribution >= 4 is 22.4 Å². The molecule has 0 aliphatic heterocycles. The normalized spacial score (nSPS) is 12.3. The maximum Gasteiger partial charge on any atom is 0.124 e. The second-order valence-corrected chi connectivity index (χ2v) is 6.70. The van der Waals surface area contributed by atoms with Gasteiger partial charge >= 0.3 is 0 Å². The predicted molar refractivity (Wildman–Crippen MR) is 106 cm³/mol. The molecular weight excluding hydrogens is 330 g/mol. The van der Waals surface area contributed by atoms with E-state index in [1.54, 1.807) is 0 Å². The van der Waals surface area contributed by atoms with E-state index in [1.165, 1.54) is 16.3 Å². The Hall–Kier alpha value is -2.03. The molecule has 0 saturated carbocycles. The summed E-state index contributed by atoms with van der Waals surface area (Å²) in [7, 11) is 0. The highest BCUT2D eigenvalue weighted by molar-refractivity contribution is 6.31. The summed E-state index contributed by atoms with van der Waals surface area (Å²) >= 11 is 6.26. The molecule has 2 nitrogen and oxygen atoms in total. The highest BCUT2D eigenvalue weighted by atomic mass is 35.5. The van der Waals surface area contributed by atoms with E-state index < -0.39 is 0 Å². The zero-order chi connectivity index (χ0) is 17.6. The van der Waals surface area contributed by atoms with Gasteiger partial charge in [0.1, 0.15) is 5.75 Å². The van der Waals surface area contributed by atoms with Crippen LogP contribution in [0, 0.1) is 0 Å². The number of benzene rings is 3. The van der Waals surface area contributed by atoms with Gasteiger partial charge in [-0.2, -0.15) is 0 Å². The van der Waals surface area contributed by atoms with Gasteiger partial charge in [-0.25, -0.2) is 0 Å². The molecule has 3 rings (SSSR count). The predicted octanol–water partition coefficient (Wildman–Crippen LogP) is 5.96. The van der Waals surface area contributed by atoms with Gasteiger partial charge in [0.2, 0.25) is 0 Å². The highest BCUT2D eigenvalue weighted by Crippen LogP contribution is 2.29. The standard InChI is InChI=1S/C22H24ClNO/c1-3-16(2)25-22-13-12-17-8-4-6-10-19(17)20(22)15-24-14-18-9-5-7-11-21(18)23/h4-13,16,24H,3,14-15H2,1-2H3. The molecule has 0 fully saturated rings. The molecule has 0 saturated heterocycles. The smallest absolute Gasteiger partial charge is 0.124 e. The van der Waals surface area contributed by atoms with Crippen LogP contribution in [0.2, 0.25) is 5.02 Å². The van der Waals surface area contributed by atoms with Crippen molar-refractivity contribution in [1.29, 1.82) is 0 Å². The van der Waals surface area contributed by atoms with Gasteiger partial charge in [-0.1, -0.05) is 67.1 Å². The average Bonchev–Trinajstić information content (AvgIpc) is 2.64. The molecule has 3 heteroatoms. The summed E-state index contributed by atoms with van der Waals surface area (Å²) in [5.74, 6) is 0.958. The maximum absolute atomic E-state index is 6.26. The van der Waals surface area contributed by atoms with Crippen LogP contribution in [-0.2, 0) is 13.1 Å². The third kappa shape index (κ3) is 4.33. The van der Waals surface area contributed by atoms with E-state index in [9.17, 15) is 0 Å². The number of fused-ring (bicyclic) bond motifs is 1. The molecule has 0 bridgehead atoms. The molecule has 0 amide bonds. The average molecular weight is 354 g/mol. The minimum Gasteiger partial charge on any atom is -0.490 e. The summed E-state index contributed by atoms with van der Waals surface area (Å²) in [6, 6.07) is 20.6. The second-order valence-electron chi connectivity index (χ2n) is 6.30. The van der Waals surface area contributed by atoms with E-state index in [-0.39, 0.29) is 6.10 Å². The fourth-order valence-electron chi connectivity index (χ4n) is 2.87. The lowest BCUT2D eigenvalue weighted by molar-refractivity contribution is 0.215. The number of hydrogen-bond donors (Lipinski definition) is 1. The van der Waals surface area contributed by atoms with Gasteiger partial charge in [-0.05, 0) is 41.8 Å². The molecule has 0 aromatic heterocycles. The molecule has 0 aliphatic rings. The first-order valence-electron chi connectivity index (χ1n) is 8.80. The fourth-order valence-corrected chi connectivity index (χ4v) is 3.08. The third-order valence-corrected chi connectivity index (χ3v) is 4.84. The van der Waals surface area contributed by atoms with Gasteiger partial charge in [0.05, 0.1) is 6.10 Å². The summed E-state index contributed by atoms with van der Waals surface area (Å²) in [6.45, 7) is 5.71. The molecule has 130 valence electrons. The van der Waals surface area contributed by atoms with Crippen molar-refractivity contribution in [1.82, 2.24) is 5.32 Å². The molecule has 3 aromatic rings. The Bertz CT molecular complexity index is 846. The maximum atomic E-state index is 6.26. The van der Waals surface area contributed by atoms with Crippen molar-refractivity contribution in [3.8, 4) is 5.75 Å². The minimum absolute atomic E-state index is 0.198. The van der Waals surface area contributed by atoms with Crippen molar-refractivity contribution < 1.29 is 4.74 Å². The largest absolute Gasteiger partial charge is 0.490 e. The molecule has 25 heavy (non-hydrogen) atoms. The SMILES string of the molecule is CCC(C)Oc1ccc2ccccc2c1CNCc1ccccc1Cl. The van der Waals surface area contributed by atoms with Gasteiger partial charge in [0.25, 0.3) is 0 Å². The van der Waals surface area contributed by atoms with Crippen LogP contribution < -0.4 is 10.1 Å². The van der Waals surface area contributed by atoms with Crippen molar-refractivity contribution in [3.05, 3.63) is 76.8 Å². The molecule has 1 unspecified atom stereocenters. The van der Waals surface area contributed by atoms with Crippen molar-refractivity contribution in [3.63, 3.8) is 0 Å². The van der Waals surface area contributed by atoms with E-state index in [0.29, 0.717) is 0 Å². The highest BCUT2D eigenvalue weighted by Gasteiger charge is 2.11. The third-order valence-electron chi connectivity index (χ3n) is 4.48. The van der Waals surface area contributed by atoms with Gasteiger partial charge in [0.15, 0.2) is 0 Å². The van der Waals surface area contributed by atoms with E-state index >= 15 is 0 Å². The van der Waals surface area contributed by atoms with Crippen LogP contribution in [0.3, 0.4) is 0 Å². The molecule has 3 aromatic carbocycles. The van der Waals surface area contributed by atoms with Gasteiger partial charge in [0, 0.05) is 23.7 Å². The van der Waals surface area contributed by atoms with Gasteiger partial charge in [-0.3, -0.25) is 0 Å². The lowest BCUT2D eigenvalue weighted by Gasteiger charge is -2.18. The van der Waals surface area contributed by atoms with Crippen LogP contribution in [-0.4, -0.2) is 6.10 Å². The monoisotopic (exact) mass is 353 g/mol. The number of halogens is 1. The summed E-state index contributed by atoms with van der Waals surface area (Å²) in [5.41, 5.74) is 2.30. The summed E-state index contributed by atoms with van der Waals surface area (Å²) in [6.07, 6.45) is 1.18. The van der Waals surface area contributed by atoms with Crippen molar-refractivity contribution in [2.45, 2.75) is 39.5 Å². The van der Waals surface area contributed by atoms with Crippen LogP contribution in [0.5, 0.6) is 5.75 Å². The Morgan fingerprint density at radius 3 is 2.52 bits per heavy atom. The first kappa shape index (κ1) is 17.8. The number of hydrogen-bond acceptors (Lipinski definition) is 2. The first-order chi connectivity index (χ1) is 12.2. The van der Waals surface area contributed by atoms with Crippen LogP contribution in [0.1, 0.15) is 31.4 Å². The number of nitrogens with one attached hydrogen (secondary N) is 1. The summed E-state index contributed by atoms with van der Waals surface area (Å²) in [4.78, 5) is 0. The Labute approximate surface area is 154 Å². The number of rotatable bonds is 7. The Morgan fingerprint density at radius 2 is 1.72 bits per heavy atom. The lowest BCUT2D eigenvalue weighted by atomic mass is 10.0. The van der Waals surface area contributed by atoms with Crippen LogP contribution in [0.25, 0.3) is 10.8 Å². The Kier molecular flexibility index (Phi) is 5.95. The van der Waals surface area contributed by atoms with Crippen LogP contribution in [0.15, 0.2) is 60.7 Å². The fraction of sp³-hybridized carbons (Fsp3) is 0.273. The Balaban J connectivity index is 1.84. The quantitative estimate of drug-likeness (QED) is 0.565. The molecule has 0 radical (unpaired) electrons. The van der Waals surface area contributed by atoms with E-state index in [4.69, 9.17) is 16.3 Å². The second kappa shape index (κ2) is 8.37. The molecule has 1 N–H and O–H groups in total. The van der Waals surface area contributed by atoms with Crippen LogP contribution >= 0.6 is 11.6 Å². The van der Waals surface area contributed by atoms with Crippen molar-refractivity contribution in [2.75, 3.05) is 0 Å². The zero-order valence-corrected chi connectivity index (χ0v) is 15.5. The topological polar surface area (TPSA) is 21.3 Å². The minimum atomic E-state index is 0.198. The Morgan fingerprint density at radius 1 is 0.960 bits per heavy atom. The van der Waals surface area contributed by atoms with Crippen molar-refractivity contribution in [2.24, 2.45) is 0 Å². The molecular formula is C22H24ClNO. The lowest BCUT2D eigenvalue weighted by Crippen LogP contribution is -2.16. The zero-order valence-electron chi connectivity index (χ0n) is 14.8. The summed E-state index contributed by atoms with van der Waals surface area (Å²) in [5, 5.41) is 6.78. The van der Waals surface area contributed by atoms with Gasteiger partial charge in [-0.15, -0.1) is 0 Å².